The lowest BCUT2D eigenvalue weighted by atomic mass is 9.86. The molecule has 0 heterocycles. The monoisotopic (exact) mass is 297 g/mol. The van der Waals surface area contributed by atoms with E-state index in [2.05, 4.69) is 12.2 Å². The number of amides is 1. The van der Waals surface area contributed by atoms with Crippen LogP contribution in [-0.4, -0.2) is 17.7 Å². The summed E-state index contributed by atoms with van der Waals surface area (Å²) in [5.41, 5.74) is 0. The second-order valence-corrected chi connectivity index (χ2v) is 6.58. The van der Waals surface area contributed by atoms with Crippen LogP contribution in [0.15, 0.2) is 29.2 Å². The Morgan fingerprint density at radius 3 is 2.84 bits per heavy atom. The molecule has 0 aromatic heterocycles. The Hall–Kier alpha value is -0.670. The van der Waals surface area contributed by atoms with Gasteiger partial charge in [-0.1, -0.05) is 43.5 Å². The highest BCUT2D eigenvalue weighted by Gasteiger charge is 2.22. The van der Waals surface area contributed by atoms with Crippen LogP contribution in [0.2, 0.25) is 5.02 Å². The Kier molecular flexibility index (Phi) is 5.59. The van der Waals surface area contributed by atoms with E-state index in [1.165, 1.54) is 31.0 Å². The molecular weight excluding hydrogens is 278 g/mol. The number of hydrogen-bond donors (Lipinski definition) is 1. The van der Waals surface area contributed by atoms with E-state index in [-0.39, 0.29) is 5.91 Å². The van der Waals surface area contributed by atoms with Crippen LogP contribution < -0.4 is 5.32 Å². The number of benzene rings is 1. The highest BCUT2D eigenvalue weighted by molar-refractivity contribution is 8.00. The molecule has 0 bridgehead atoms. The Balaban J connectivity index is 1.80. The molecule has 1 aliphatic rings. The van der Waals surface area contributed by atoms with E-state index in [4.69, 9.17) is 11.6 Å². The van der Waals surface area contributed by atoms with Crippen molar-refractivity contribution < 1.29 is 4.79 Å². The molecule has 104 valence electrons. The zero-order chi connectivity index (χ0) is 13.7. The summed E-state index contributed by atoms with van der Waals surface area (Å²) in [6, 6.07) is 7.99. The third-order valence-corrected chi connectivity index (χ3v) is 5.17. The molecule has 19 heavy (non-hydrogen) atoms. The lowest BCUT2D eigenvalue weighted by Crippen LogP contribution is -2.41. The predicted molar refractivity (Wildman–Crippen MR) is 81.7 cm³/mol. The third-order valence-electron chi connectivity index (χ3n) is 3.65. The Morgan fingerprint density at radius 2 is 2.11 bits per heavy atom. The van der Waals surface area contributed by atoms with Crippen molar-refractivity contribution in [2.75, 3.05) is 5.75 Å². The topological polar surface area (TPSA) is 29.1 Å². The zero-order valence-electron chi connectivity index (χ0n) is 11.2. The molecule has 1 N–H and O–H groups in total. The first kappa shape index (κ1) is 14.7. The summed E-state index contributed by atoms with van der Waals surface area (Å²) in [5.74, 6) is 1.15. The molecule has 0 spiro atoms. The highest BCUT2D eigenvalue weighted by Crippen LogP contribution is 2.27. The van der Waals surface area contributed by atoms with Crippen LogP contribution >= 0.6 is 23.4 Å². The van der Waals surface area contributed by atoms with Crippen LogP contribution in [0, 0.1) is 5.92 Å². The van der Waals surface area contributed by atoms with Gasteiger partial charge in [0.05, 0.1) is 10.8 Å². The van der Waals surface area contributed by atoms with Gasteiger partial charge in [0.25, 0.3) is 0 Å². The molecule has 1 aliphatic carbocycles. The molecule has 0 radical (unpaired) electrons. The van der Waals surface area contributed by atoms with E-state index < -0.39 is 0 Å². The number of carbonyl (C=O) groups is 1. The van der Waals surface area contributed by atoms with Crippen molar-refractivity contribution in [2.24, 2.45) is 5.92 Å². The standard InChI is InChI=1S/C15H20ClNOS/c1-11-6-2-4-8-13(11)17-15(18)10-19-14-9-5-3-7-12(14)16/h3,5,7,9,11,13H,2,4,6,8,10H2,1H3,(H,17,18)/t11-,13+/m1/s1. The van der Waals surface area contributed by atoms with Gasteiger partial charge >= 0.3 is 0 Å². The van der Waals surface area contributed by atoms with E-state index in [0.29, 0.717) is 22.7 Å². The Morgan fingerprint density at radius 1 is 1.37 bits per heavy atom. The van der Waals surface area contributed by atoms with Gasteiger partial charge < -0.3 is 5.32 Å². The fourth-order valence-corrected chi connectivity index (χ4v) is 3.53. The van der Waals surface area contributed by atoms with Gasteiger partial charge in [0.1, 0.15) is 0 Å². The van der Waals surface area contributed by atoms with Crippen molar-refractivity contribution in [1.82, 2.24) is 5.32 Å². The van der Waals surface area contributed by atoms with E-state index in [1.807, 2.05) is 24.3 Å². The molecule has 4 heteroatoms. The number of carbonyl (C=O) groups excluding carboxylic acids is 1. The average Bonchev–Trinajstić information content (AvgIpc) is 2.40. The minimum absolute atomic E-state index is 0.115. The summed E-state index contributed by atoms with van der Waals surface area (Å²) >= 11 is 7.57. The quantitative estimate of drug-likeness (QED) is 0.847. The van der Waals surface area contributed by atoms with Crippen molar-refractivity contribution in [3.05, 3.63) is 29.3 Å². The zero-order valence-corrected chi connectivity index (χ0v) is 12.8. The molecule has 2 nitrogen and oxygen atoms in total. The summed E-state index contributed by atoms with van der Waals surface area (Å²) in [6.45, 7) is 2.23. The summed E-state index contributed by atoms with van der Waals surface area (Å²) in [4.78, 5) is 12.9. The van der Waals surface area contributed by atoms with Crippen LogP contribution in [0.3, 0.4) is 0 Å². The first-order valence-corrected chi connectivity index (χ1v) is 8.20. The van der Waals surface area contributed by atoms with Gasteiger partial charge in [-0.25, -0.2) is 0 Å². The summed E-state index contributed by atoms with van der Waals surface area (Å²) < 4.78 is 0. The lowest BCUT2D eigenvalue weighted by Gasteiger charge is -2.29. The first-order chi connectivity index (χ1) is 9.16. The summed E-state index contributed by atoms with van der Waals surface area (Å²) in [5, 5.41) is 3.87. The minimum Gasteiger partial charge on any atom is -0.352 e. The van der Waals surface area contributed by atoms with Gasteiger partial charge in [0.15, 0.2) is 0 Å². The molecule has 1 amide bonds. The first-order valence-electron chi connectivity index (χ1n) is 6.83. The van der Waals surface area contributed by atoms with Crippen molar-refractivity contribution in [3.8, 4) is 0 Å². The SMILES string of the molecule is C[C@@H]1CCCC[C@@H]1NC(=O)CSc1ccccc1Cl. The van der Waals surface area contributed by atoms with Crippen molar-refractivity contribution in [2.45, 2.75) is 43.5 Å². The van der Waals surface area contributed by atoms with Crippen LogP contribution in [0.4, 0.5) is 0 Å². The predicted octanol–water partition coefficient (Wildman–Crippen LogP) is 4.13. The van der Waals surface area contributed by atoms with Crippen LogP contribution in [0.1, 0.15) is 32.6 Å². The molecule has 0 saturated heterocycles. The van der Waals surface area contributed by atoms with Crippen molar-refractivity contribution >= 4 is 29.3 Å². The van der Waals surface area contributed by atoms with E-state index in [9.17, 15) is 4.79 Å². The molecule has 1 fully saturated rings. The maximum absolute atomic E-state index is 12.0. The van der Waals surface area contributed by atoms with Gasteiger partial charge in [0, 0.05) is 10.9 Å². The fourth-order valence-electron chi connectivity index (χ4n) is 2.48. The van der Waals surface area contributed by atoms with E-state index in [1.54, 1.807) is 0 Å². The van der Waals surface area contributed by atoms with Crippen LogP contribution in [0.5, 0.6) is 0 Å². The maximum Gasteiger partial charge on any atom is 0.230 e. The minimum atomic E-state index is 0.115. The summed E-state index contributed by atoms with van der Waals surface area (Å²) in [7, 11) is 0. The van der Waals surface area contributed by atoms with E-state index >= 15 is 0 Å². The molecule has 2 rings (SSSR count). The number of thioether (sulfide) groups is 1. The normalized spacial score (nSPS) is 23.1. The van der Waals surface area contributed by atoms with Crippen molar-refractivity contribution in [3.63, 3.8) is 0 Å². The molecule has 0 unspecified atom stereocenters. The Bertz CT molecular complexity index is 438. The second kappa shape index (κ2) is 7.20. The average molecular weight is 298 g/mol. The van der Waals surface area contributed by atoms with Crippen LogP contribution in [0.25, 0.3) is 0 Å². The van der Waals surface area contributed by atoms with Gasteiger partial charge in [0.2, 0.25) is 5.91 Å². The largest absolute Gasteiger partial charge is 0.352 e. The number of hydrogen-bond acceptors (Lipinski definition) is 2. The Labute approximate surface area is 124 Å². The second-order valence-electron chi connectivity index (χ2n) is 5.15. The number of rotatable bonds is 4. The van der Waals surface area contributed by atoms with Gasteiger partial charge in [-0.05, 0) is 30.9 Å². The number of halogens is 1. The maximum atomic E-state index is 12.0. The molecule has 0 aliphatic heterocycles. The smallest absolute Gasteiger partial charge is 0.230 e. The molecule has 1 aromatic rings. The molecule has 2 atom stereocenters. The van der Waals surface area contributed by atoms with Gasteiger partial charge in [-0.15, -0.1) is 11.8 Å². The number of nitrogens with one attached hydrogen (secondary N) is 1. The highest BCUT2D eigenvalue weighted by atomic mass is 35.5. The van der Waals surface area contributed by atoms with Crippen molar-refractivity contribution in [1.29, 1.82) is 0 Å². The van der Waals surface area contributed by atoms with E-state index in [0.717, 1.165) is 11.3 Å². The molecule has 1 saturated carbocycles. The fraction of sp³-hybridized carbons (Fsp3) is 0.533. The summed E-state index contributed by atoms with van der Waals surface area (Å²) in [6.07, 6.45) is 4.86. The molecule has 1 aromatic carbocycles. The van der Waals surface area contributed by atoms with Gasteiger partial charge in [-0.3, -0.25) is 4.79 Å². The van der Waals surface area contributed by atoms with Gasteiger partial charge in [-0.2, -0.15) is 0 Å². The molecular formula is C15H20ClNOS. The lowest BCUT2D eigenvalue weighted by molar-refractivity contribution is -0.119. The third kappa shape index (κ3) is 4.43. The van der Waals surface area contributed by atoms with Crippen LogP contribution in [-0.2, 0) is 4.79 Å².